The van der Waals surface area contributed by atoms with Crippen LogP contribution in [0.4, 0.5) is 5.69 Å². The summed E-state index contributed by atoms with van der Waals surface area (Å²) in [6.45, 7) is 3.83. The molecule has 1 aromatic rings. The standard InChI is InChI=1S/C17H21N3O/c1-12(21)13-2-3-14(11-18)17(10-13)19-15-6-8-20(9-7-15)16-4-5-16/h2-3,10,15-16,19H,4-9H2,1H3. The summed E-state index contributed by atoms with van der Waals surface area (Å²) in [6, 6.07) is 8.71. The molecule has 1 saturated carbocycles. The zero-order valence-electron chi connectivity index (χ0n) is 12.4. The molecule has 1 saturated heterocycles. The second kappa shape index (κ2) is 5.87. The van der Waals surface area contributed by atoms with E-state index in [9.17, 15) is 10.1 Å². The number of Topliss-reactive ketones (excluding diaryl/α,β-unsaturated/α-hetero) is 1. The molecule has 0 atom stereocenters. The second-order valence-electron chi connectivity index (χ2n) is 6.11. The van der Waals surface area contributed by atoms with Crippen LogP contribution in [-0.2, 0) is 0 Å². The van der Waals surface area contributed by atoms with E-state index in [0.717, 1.165) is 37.7 Å². The topological polar surface area (TPSA) is 56.1 Å². The number of likely N-dealkylation sites (tertiary alicyclic amines) is 1. The van der Waals surface area contributed by atoms with Gasteiger partial charge < -0.3 is 10.2 Å². The van der Waals surface area contributed by atoms with Crippen LogP contribution in [-0.4, -0.2) is 35.9 Å². The highest BCUT2D eigenvalue weighted by molar-refractivity contribution is 5.95. The van der Waals surface area contributed by atoms with E-state index in [1.807, 2.05) is 6.07 Å². The van der Waals surface area contributed by atoms with E-state index in [0.29, 0.717) is 17.2 Å². The number of rotatable bonds is 4. The van der Waals surface area contributed by atoms with Crippen molar-refractivity contribution in [2.24, 2.45) is 0 Å². The maximum atomic E-state index is 11.5. The predicted molar refractivity (Wildman–Crippen MR) is 82.4 cm³/mol. The van der Waals surface area contributed by atoms with Crippen LogP contribution in [0.15, 0.2) is 18.2 Å². The minimum absolute atomic E-state index is 0.0334. The molecule has 0 unspecified atom stereocenters. The molecule has 1 N–H and O–H groups in total. The molecule has 0 aromatic heterocycles. The first-order valence-corrected chi connectivity index (χ1v) is 7.73. The number of anilines is 1. The molecule has 4 nitrogen and oxygen atoms in total. The summed E-state index contributed by atoms with van der Waals surface area (Å²) in [5.41, 5.74) is 2.08. The molecule has 0 radical (unpaired) electrons. The molecule has 0 amide bonds. The molecule has 1 aromatic carbocycles. The summed E-state index contributed by atoms with van der Waals surface area (Å²) in [5.74, 6) is 0.0334. The Morgan fingerprint density at radius 1 is 1.29 bits per heavy atom. The number of benzene rings is 1. The summed E-state index contributed by atoms with van der Waals surface area (Å²) in [4.78, 5) is 14.1. The van der Waals surface area contributed by atoms with Gasteiger partial charge >= 0.3 is 0 Å². The van der Waals surface area contributed by atoms with Crippen LogP contribution < -0.4 is 5.32 Å². The summed E-state index contributed by atoms with van der Waals surface area (Å²) >= 11 is 0. The van der Waals surface area contributed by atoms with Crippen molar-refractivity contribution in [3.63, 3.8) is 0 Å². The zero-order chi connectivity index (χ0) is 14.8. The Morgan fingerprint density at radius 3 is 2.57 bits per heavy atom. The Labute approximate surface area is 125 Å². The average molecular weight is 283 g/mol. The fourth-order valence-electron chi connectivity index (χ4n) is 3.05. The number of piperidine rings is 1. The highest BCUT2D eigenvalue weighted by Gasteiger charge is 2.31. The number of ketones is 1. The minimum atomic E-state index is 0.0334. The zero-order valence-corrected chi connectivity index (χ0v) is 12.4. The summed E-state index contributed by atoms with van der Waals surface area (Å²) in [7, 11) is 0. The number of nitriles is 1. The maximum Gasteiger partial charge on any atom is 0.159 e. The monoisotopic (exact) mass is 283 g/mol. The maximum absolute atomic E-state index is 11.5. The molecule has 21 heavy (non-hydrogen) atoms. The molecular weight excluding hydrogens is 262 g/mol. The third-order valence-electron chi connectivity index (χ3n) is 4.50. The van der Waals surface area contributed by atoms with Gasteiger partial charge in [-0.3, -0.25) is 4.79 Å². The van der Waals surface area contributed by atoms with Crippen LogP contribution >= 0.6 is 0 Å². The van der Waals surface area contributed by atoms with E-state index >= 15 is 0 Å². The fourth-order valence-corrected chi connectivity index (χ4v) is 3.05. The molecule has 1 heterocycles. The van der Waals surface area contributed by atoms with Gasteiger partial charge in [-0.2, -0.15) is 5.26 Å². The van der Waals surface area contributed by atoms with Gasteiger partial charge in [0.25, 0.3) is 0 Å². The van der Waals surface area contributed by atoms with Gasteiger partial charge in [0, 0.05) is 30.7 Å². The Morgan fingerprint density at radius 2 is 2.00 bits per heavy atom. The van der Waals surface area contributed by atoms with Crippen LogP contribution in [0.2, 0.25) is 0 Å². The largest absolute Gasteiger partial charge is 0.381 e. The van der Waals surface area contributed by atoms with E-state index in [2.05, 4.69) is 16.3 Å². The number of carbonyl (C=O) groups excluding carboxylic acids is 1. The van der Waals surface area contributed by atoms with Crippen molar-refractivity contribution < 1.29 is 4.79 Å². The molecule has 3 rings (SSSR count). The summed E-state index contributed by atoms with van der Waals surface area (Å²) < 4.78 is 0. The van der Waals surface area contributed by atoms with E-state index < -0.39 is 0 Å². The summed E-state index contributed by atoms with van der Waals surface area (Å²) in [6.07, 6.45) is 4.92. The highest BCUT2D eigenvalue weighted by atomic mass is 16.1. The van der Waals surface area contributed by atoms with Crippen LogP contribution in [0.1, 0.15) is 48.5 Å². The Balaban J connectivity index is 1.67. The van der Waals surface area contributed by atoms with Gasteiger partial charge in [0.05, 0.1) is 11.3 Å². The lowest BCUT2D eigenvalue weighted by Crippen LogP contribution is -2.40. The molecule has 110 valence electrons. The number of hydrogen-bond donors (Lipinski definition) is 1. The molecule has 2 fully saturated rings. The van der Waals surface area contributed by atoms with E-state index in [1.54, 1.807) is 19.1 Å². The summed E-state index contributed by atoms with van der Waals surface area (Å²) in [5, 5.41) is 12.7. The van der Waals surface area contributed by atoms with Crippen LogP contribution in [0.3, 0.4) is 0 Å². The smallest absolute Gasteiger partial charge is 0.159 e. The number of nitrogens with zero attached hydrogens (tertiary/aromatic N) is 2. The van der Waals surface area contributed by atoms with Crippen molar-refractivity contribution in [2.45, 2.75) is 44.7 Å². The molecule has 1 aliphatic heterocycles. The quantitative estimate of drug-likeness (QED) is 0.863. The van der Waals surface area contributed by atoms with Crippen molar-refractivity contribution in [1.29, 1.82) is 5.26 Å². The SMILES string of the molecule is CC(=O)c1ccc(C#N)c(NC2CCN(C3CC3)CC2)c1. The van der Waals surface area contributed by atoms with Gasteiger partial charge in [0.2, 0.25) is 0 Å². The van der Waals surface area contributed by atoms with Gasteiger partial charge in [0.1, 0.15) is 6.07 Å². The fraction of sp³-hybridized carbons (Fsp3) is 0.529. The van der Waals surface area contributed by atoms with Crippen molar-refractivity contribution in [1.82, 2.24) is 4.90 Å². The van der Waals surface area contributed by atoms with Gasteiger partial charge in [-0.1, -0.05) is 0 Å². The molecule has 4 heteroatoms. The van der Waals surface area contributed by atoms with Crippen molar-refractivity contribution in [3.8, 4) is 6.07 Å². The lowest BCUT2D eigenvalue weighted by molar-refractivity contribution is 0.101. The van der Waals surface area contributed by atoms with Crippen LogP contribution in [0, 0.1) is 11.3 Å². The molecule has 1 aliphatic carbocycles. The van der Waals surface area contributed by atoms with E-state index in [-0.39, 0.29) is 5.78 Å². The van der Waals surface area contributed by atoms with Crippen molar-refractivity contribution >= 4 is 11.5 Å². The first kappa shape index (κ1) is 14.1. The lowest BCUT2D eigenvalue weighted by Gasteiger charge is -2.33. The first-order valence-electron chi connectivity index (χ1n) is 7.73. The van der Waals surface area contributed by atoms with Gasteiger partial charge in [-0.15, -0.1) is 0 Å². The molecule has 0 bridgehead atoms. The van der Waals surface area contributed by atoms with Crippen molar-refractivity contribution in [3.05, 3.63) is 29.3 Å². The molecule has 0 spiro atoms. The molecule has 2 aliphatic rings. The third kappa shape index (κ3) is 3.25. The normalized spacial score (nSPS) is 20.0. The number of carbonyl (C=O) groups is 1. The Bertz CT molecular complexity index is 578. The van der Waals surface area contributed by atoms with Gasteiger partial charge in [-0.05, 0) is 50.8 Å². The number of nitrogens with one attached hydrogen (secondary N) is 1. The van der Waals surface area contributed by atoms with E-state index in [4.69, 9.17) is 0 Å². The van der Waals surface area contributed by atoms with Crippen LogP contribution in [0.25, 0.3) is 0 Å². The van der Waals surface area contributed by atoms with Gasteiger partial charge in [0.15, 0.2) is 5.78 Å². The Kier molecular flexibility index (Phi) is 3.94. The average Bonchev–Trinajstić information content (AvgIpc) is 3.32. The Hall–Kier alpha value is -1.86. The van der Waals surface area contributed by atoms with Crippen LogP contribution in [0.5, 0.6) is 0 Å². The number of hydrogen-bond acceptors (Lipinski definition) is 4. The third-order valence-corrected chi connectivity index (χ3v) is 4.50. The predicted octanol–water partition coefficient (Wildman–Crippen LogP) is 2.80. The minimum Gasteiger partial charge on any atom is -0.381 e. The second-order valence-corrected chi connectivity index (χ2v) is 6.11. The van der Waals surface area contributed by atoms with Crippen molar-refractivity contribution in [2.75, 3.05) is 18.4 Å². The highest BCUT2D eigenvalue weighted by Crippen LogP contribution is 2.30. The molecular formula is C17H21N3O. The lowest BCUT2D eigenvalue weighted by atomic mass is 10.0. The first-order chi connectivity index (χ1) is 10.2. The van der Waals surface area contributed by atoms with Gasteiger partial charge in [-0.25, -0.2) is 0 Å². The van der Waals surface area contributed by atoms with E-state index in [1.165, 1.54) is 12.8 Å².